The fraction of sp³-hybridized carbons (Fsp3) is 0.154. The second-order valence-electron chi connectivity index (χ2n) is 4.42. The van der Waals surface area contributed by atoms with Crippen LogP contribution in [0.5, 0.6) is 0 Å². The van der Waals surface area contributed by atoms with Gasteiger partial charge in [0.15, 0.2) is 0 Å². The van der Waals surface area contributed by atoms with Crippen molar-refractivity contribution < 1.29 is 4.92 Å². The molecule has 110 valence electrons. The maximum absolute atomic E-state index is 10.9. The van der Waals surface area contributed by atoms with E-state index in [1.807, 2.05) is 18.2 Å². The van der Waals surface area contributed by atoms with Gasteiger partial charge in [-0.15, -0.1) is 0 Å². The molecule has 7 nitrogen and oxygen atoms in total. The van der Waals surface area contributed by atoms with Crippen molar-refractivity contribution in [2.45, 2.75) is 6.54 Å². The predicted molar refractivity (Wildman–Crippen MR) is 82.3 cm³/mol. The molecule has 1 aromatic heterocycles. The van der Waals surface area contributed by atoms with E-state index in [1.165, 1.54) is 12.1 Å². The highest BCUT2D eigenvalue weighted by Gasteiger charge is 2.14. The van der Waals surface area contributed by atoms with Crippen LogP contribution in [0.25, 0.3) is 0 Å². The SMILES string of the molecule is CN(Cc1ccccc1Cl)c1cc([N+](=O)[O-])cc(NN)n1. The minimum absolute atomic E-state index is 0.0843. The zero-order chi connectivity index (χ0) is 15.4. The van der Waals surface area contributed by atoms with Crippen molar-refractivity contribution in [3.8, 4) is 0 Å². The number of hydrogen-bond acceptors (Lipinski definition) is 6. The van der Waals surface area contributed by atoms with Crippen molar-refractivity contribution in [3.63, 3.8) is 0 Å². The monoisotopic (exact) mass is 307 g/mol. The van der Waals surface area contributed by atoms with Crippen molar-refractivity contribution >= 4 is 28.9 Å². The van der Waals surface area contributed by atoms with E-state index >= 15 is 0 Å². The Morgan fingerprint density at radius 3 is 2.76 bits per heavy atom. The lowest BCUT2D eigenvalue weighted by Gasteiger charge is -2.19. The van der Waals surface area contributed by atoms with Gasteiger partial charge in [0, 0.05) is 18.6 Å². The van der Waals surface area contributed by atoms with Crippen LogP contribution in [0.15, 0.2) is 36.4 Å². The summed E-state index contributed by atoms with van der Waals surface area (Å²) < 4.78 is 0. The van der Waals surface area contributed by atoms with Crippen molar-refractivity contribution in [3.05, 3.63) is 57.1 Å². The summed E-state index contributed by atoms with van der Waals surface area (Å²) in [5, 5.41) is 11.6. The number of hydrogen-bond donors (Lipinski definition) is 2. The lowest BCUT2D eigenvalue weighted by atomic mass is 10.2. The molecule has 2 rings (SSSR count). The Morgan fingerprint density at radius 2 is 2.14 bits per heavy atom. The minimum Gasteiger partial charge on any atom is -0.355 e. The van der Waals surface area contributed by atoms with Gasteiger partial charge in [-0.25, -0.2) is 10.8 Å². The first-order valence-electron chi connectivity index (χ1n) is 6.09. The Bertz CT molecular complexity index is 665. The zero-order valence-electron chi connectivity index (χ0n) is 11.3. The lowest BCUT2D eigenvalue weighted by Crippen LogP contribution is -2.19. The molecule has 0 bridgehead atoms. The third kappa shape index (κ3) is 3.59. The standard InChI is InChI=1S/C13H14ClN5O2/c1-18(8-9-4-2-3-5-11(9)14)13-7-10(19(20)21)6-12(16-13)17-15/h2-7H,8,15H2,1H3,(H,16,17). The number of nitrogens with two attached hydrogens (primary N) is 1. The second kappa shape index (κ2) is 6.38. The van der Waals surface area contributed by atoms with Gasteiger partial charge in [0.1, 0.15) is 11.6 Å². The second-order valence-corrected chi connectivity index (χ2v) is 4.82. The van der Waals surface area contributed by atoms with Gasteiger partial charge in [-0.05, 0) is 11.6 Å². The van der Waals surface area contributed by atoms with Crippen LogP contribution in [0.3, 0.4) is 0 Å². The number of nitro groups is 1. The first-order valence-corrected chi connectivity index (χ1v) is 6.46. The van der Waals surface area contributed by atoms with Crippen LogP contribution in [0.4, 0.5) is 17.3 Å². The van der Waals surface area contributed by atoms with Crippen molar-refractivity contribution in [2.24, 2.45) is 5.84 Å². The van der Waals surface area contributed by atoms with Gasteiger partial charge in [-0.3, -0.25) is 10.1 Å². The van der Waals surface area contributed by atoms with Crippen LogP contribution in [-0.4, -0.2) is 17.0 Å². The number of nitrogens with one attached hydrogen (secondary N) is 1. The van der Waals surface area contributed by atoms with E-state index in [4.69, 9.17) is 17.4 Å². The molecule has 21 heavy (non-hydrogen) atoms. The smallest absolute Gasteiger partial charge is 0.276 e. The fourth-order valence-corrected chi connectivity index (χ4v) is 2.04. The third-order valence-corrected chi connectivity index (χ3v) is 3.28. The average Bonchev–Trinajstić information content (AvgIpc) is 2.49. The molecule has 0 amide bonds. The number of aromatic nitrogens is 1. The molecular weight excluding hydrogens is 294 g/mol. The van der Waals surface area contributed by atoms with Crippen molar-refractivity contribution in [1.29, 1.82) is 0 Å². The first kappa shape index (κ1) is 15.0. The third-order valence-electron chi connectivity index (χ3n) is 2.91. The zero-order valence-corrected chi connectivity index (χ0v) is 12.0. The summed E-state index contributed by atoms with van der Waals surface area (Å²) in [6, 6.07) is 10.1. The van der Waals surface area contributed by atoms with Gasteiger partial charge in [-0.2, -0.15) is 0 Å². The minimum atomic E-state index is -0.491. The number of benzene rings is 1. The number of rotatable bonds is 5. The topological polar surface area (TPSA) is 97.3 Å². The van der Waals surface area contributed by atoms with E-state index < -0.39 is 4.92 Å². The highest BCUT2D eigenvalue weighted by Crippen LogP contribution is 2.24. The normalized spacial score (nSPS) is 10.2. The van der Waals surface area contributed by atoms with E-state index in [1.54, 1.807) is 18.0 Å². The Balaban J connectivity index is 2.30. The van der Waals surface area contributed by atoms with E-state index in [-0.39, 0.29) is 11.5 Å². The summed E-state index contributed by atoms with van der Waals surface area (Å²) in [5.41, 5.74) is 3.14. The molecular formula is C13H14ClN5O2. The molecule has 8 heteroatoms. The summed E-state index contributed by atoms with van der Waals surface area (Å²) >= 11 is 6.11. The summed E-state index contributed by atoms with van der Waals surface area (Å²) in [7, 11) is 1.77. The highest BCUT2D eigenvalue weighted by molar-refractivity contribution is 6.31. The average molecular weight is 308 g/mol. The number of halogens is 1. The Hall–Kier alpha value is -2.38. The lowest BCUT2D eigenvalue weighted by molar-refractivity contribution is -0.384. The molecule has 0 aliphatic rings. The maximum atomic E-state index is 10.9. The Labute approximate surface area is 126 Å². The highest BCUT2D eigenvalue weighted by atomic mass is 35.5. The number of nitrogens with zero attached hydrogens (tertiary/aromatic N) is 3. The van der Waals surface area contributed by atoms with Crippen LogP contribution in [0.2, 0.25) is 5.02 Å². The van der Waals surface area contributed by atoms with Crippen LogP contribution < -0.4 is 16.2 Å². The van der Waals surface area contributed by atoms with Crippen LogP contribution in [0, 0.1) is 10.1 Å². The first-order chi connectivity index (χ1) is 10.0. The summed E-state index contributed by atoms with van der Waals surface area (Å²) in [4.78, 5) is 16.4. The van der Waals surface area contributed by atoms with Gasteiger partial charge >= 0.3 is 0 Å². The molecule has 1 heterocycles. The van der Waals surface area contributed by atoms with Gasteiger partial charge in [-0.1, -0.05) is 29.8 Å². The molecule has 0 spiro atoms. The van der Waals surface area contributed by atoms with Crippen LogP contribution in [-0.2, 0) is 6.54 Å². The molecule has 0 aliphatic carbocycles. The van der Waals surface area contributed by atoms with E-state index in [2.05, 4.69) is 10.4 Å². The van der Waals surface area contributed by atoms with Crippen LogP contribution >= 0.6 is 11.6 Å². The van der Waals surface area contributed by atoms with Gasteiger partial charge in [0.2, 0.25) is 0 Å². The van der Waals surface area contributed by atoms with Crippen molar-refractivity contribution in [2.75, 3.05) is 17.4 Å². The number of hydrazine groups is 1. The van der Waals surface area contributed by atoms with Crippen molar-refractivity contribution in [1.82, 2.24) is 4.98 Å². The predicted octanol–water partition coefficient (Wildman–Crippen LogP) is 2.57. The molecule has 0 aliphatic heterocycles. The fourth-order valence-electron chi connectivity index (χ4n) is 1.84. The number of pyridine rings is 1. The molecule has 0 saturated heterocycles. The molecule has 0 saturated carbocycles. The summed E-state index contributed by atoms with van der Waals surface area (Å²) in [5.74, 6) is 5.94. The van der Waals surface area contributed by atoms with E-state index in [0.29, 0.717) is 17.4 Å². The summed E-state index contributed by atoms with van der Waals surface area (Å²) in [6.45, 7) is 0.470. The molecule has 2 aromatic rings. The quantitative estimate of drug-likeness (QED) is 0.500. The van der Waals surface area contributed by atoms with Gasteiger partial charge in [0.25, 0.3) is 5.69 Å². The Kier molecular flexibility index (Phi) is 4.56. The molecule has 0 fully saturated rings. The molecule has 0 atom stereocenters. The van der Waals surface area contributed by atoms with Crippen LogP contribution in [0.1, 0.15) is 5.56 Å². The molecule has 0 radical (unpaired) electrons. The molecule has 0 unspecified atom stereocenters. The number of anilines is 2. The van der Waals surface area contributed by atoms with Gasteiger partial charge < -0.3 is 10.3 Å². The summed E-state index contributed by atoms with van der Waals surface area (Å²) in [6.07, 6.45) is 0. The largest absolute Gasteiger partial charge is 0.355 e. The van der Waals surface area contributed by atoms with E-state index in [0.717, 1.165) is 5.56 Å². The molecule has 3 N–H and O–H groups in total. The van der Waals surface area contributed by atoms with Gasteiger partial charge in [0.05, 0.1) is 17.1 Å². The van der Waals surface area contributed by atoms with E-state index in [9.17, 15) is 10.1 Å². The molecule has 1 aromatic carbocycles. The Morgan fingerprint density at radius 1 is 1.43 bits per heavy atom. The maximum Gasteiger partial charge on any atom is 0.276 e. The number of nitrogen functional groups attached to an aromatic ring is 1.